The summed E-state index contributed by atoms with van der Waals surface area (Å²) < 4.78 is 5.77. The molecule has 0 radical (unpaired) electrons. The molecule has 2 rings (SSSR count). The number of phenols is 1. The highest BCUT2D eigenvalue weighted by atomic mass is 35.5. The normalized spacial score (nSPS) is 11.0. The van der Waals surface area contributed by atoms with Gasteiger partial charge in [-0.25, -0.2) is 0 Å². The van der Waals surface area contributed by atoms with E-state index in [1.54, 1.807) is 32.0 Å². The Morgan fingerprint density at radius 2 is 1.71 bits per heavy atom. The van der Waals surface area contributed by atoms with Gasteiger partial charge < -0.3 is 9.52 Å². The van der Waals surface area contributed by atoms with Gasteiger partial charge in [0.25, 0.3) is 0 Å². The first kappa shape index (κ1) is 18.3. The monoisotopic (exact) mass is 348 g/mol. The summed E-state index contributed by atoms with van der Waals surface area (Å²) in [6.45, 7) is 3.53. The fraction of sp³-hybridized carbons (Fsp3) is 0.368. The van der Waals surface area contributed by atoms with E-state index in [-0.39, 0.29) is 17.3 Å². The molecule has 128 valence electrons. The summed E-state index contributed by atoms with van der Waals surface area (Å²) in [5.41, 5.74) is 0.834. The third kappa shape index (κ3) is 4.48. The van der Waals surface area contributed by atoms with Crippen LogP contribution in [0.1, 0.15) is 43.8 Å². The van der Waals surface area contributed by atoms with Gasteiger partial charge in [-0.3, -0.25) is 9.59 Å². The maximum atomic E-state index is 12.0. The lowest BCUT2D eigenvalue weighted by atomic mass is 9.91. The molecule has 0 bridgehead atoms. The van der Waals surface area contributed by atoms with E-state index in [1.807, 2.05) is 6.07 Å². The summed E-state index contributed by atoms with van der Waals surface area (Å²) in [5, 5.41) is 9.85. The molecular formula is C19H21ClO4. The molecule has 0 unspecified atom stereocenters. The van der Waals surface area contributed by atoms with Crippen molar-refractivity contribution in [3.05, 3.63) is 52.4 Å². The number of furan rings is 1. The van der Waals surface area contributed by atoms with Gasteiger partial charge in [0.05, 0.1) is 5.92 Å². The van der Waals surface area contributed by atoms with Crippen LogP contribution in [0.4, 0.5) is 0 Å². The minimum absolute atomic E-state index is 0.0543. The van der Waals surface area contributed by atoms with E-state index in [0.717, 1.165) is 5.56 Å². The molecule has 0 fully saturated rings. The number of hydrogen-bond donors (Lipinski definition) is 1. The van der Waals surface area contributed by atoms with E-state index in [9.17, 15) is 14.7 Å². The summed E-state index contributed by atoms with van der Waals surface area (Å²) >= 11 is 6.10. The Labute approximate surface area is 146 Å². The van der Waals surface area contributed by atoms with Gasteiger partial charge in [-0.05, 0) is 29.8 Å². The summed E-state index contributed by atoms with van der Waals surface area (Å²) in [4.78, 5) is 24.0. The molecule has 24 heavy (non-hydrogen) atoms. The van der Waals surface area contributed by atoms with Crippen LogP contribution in [0.5, 0.6) is 5.75 Å². The number of aromatic hydroxyl groups is 1. The number of ketones is 2. The Hall–Kier alpha value is -2.07. The number of benzene rings is 1. The number of phenolic OH excluding ortho intramolecular Hbond substituents is 1. The predicted octanol–water partition coefficient (Wildman–Crippen LogP) is 4.35. The summed E-state index contributed by atoms with van der Waals surface area (Å²) in [6, 6.07) is 8.41. The van der Waals surface area contributed by atoms with Crippen LogP contribution in [0.15, 0.2) is 34.7 Å². The van der Waals surface area contributed by atoms with Crippen LogP contribution < -0.4 is 0 Å². The molecule has 1 N–H and O–H groups in total. The lowest BCUT2D eigenvalue weighted by molar-refractivity contribution is -0.132. The van der Waals surface area contributed by atoms with Crippen molar-refractivity contribution in [1.29, 1.82) is 0 Å². The van der Waals surface area contributed by atoms with Crippen molar-refractivity contribution >= 4 is 23.2 Å². The molecule has 0 aliphatic rings. The van der Waals surface area contributed by atoms with Crippen molar-refractivity contribution in [2.24, 2.45) is 5.92 Å². The number of rotatable bonds is 8. The van der Waals surface area contributed by atoms with E-state index in [4.69, 9.17) is 16.0 Å². The second kappa shape index (κ2) is 8.15. The number of halogens is 1. The molecule has 1 aromatic heterocycles. The molecule has 0 aliphatic heterocycles. The van der Waals surface area contributed by atoms with Gasteiger partial charge >= 0.3 is 0 Å². The second-order valence-electron chi connectivity index (χ2n) is 5.72. The quantitative estimate of drug-likeness (QED) is 0.720. The zero-order valence-electron chi connectivity index (χ0n) is 13.8. The third-order valence-corrected chi connectivity index (χ3v) is 4.35. The Bertz CT molecular complexity index is 717. The third-order valence-electron chi connectivity index (χ3n) is 4.00. The Kier molecular flexibility index (Phi) is 6.21. The predicted molar refractivity (Wildman–Crippen MR) is 92.4 cm³/mol. The first-order valence-electron chi connectivity index (χ1n) is 8.05. The number of carbonyl (C=O) groups excluding carboxylic acids is 2. The molecule has 0 spiro atoms. The van der Waals surface area contributed by atoms with E-state index >= 15 is 0 Å². The van der Waals surface area contributed by atoms with Crippen molar-refractivity contribution in [3.8, 4) is 5.75 Å². The molecule has 0 amide bonds. The second-order valence-corrected chi connectivity index (χ2v) is 6.12. The van der Waals surface area contributed by atoms with Crippen molar-refractivity contribution in [2.75, 3.05) is 0 Å². The molecule has 0 atom stereocenters. The van der Waals surface area contributed by atoms with Crippen LogP contribution in [0.3, 0.4) is 0 Å². The minimum Gasteiger partial charge on any atom is -0.508 e. The average Bonchev–Trinajstić information content (AvgIpc) is 3.01. The van der Waals surface area contributed by atoms with Gasteiger partial charge in [-0.15, -0.1) is 0 Å². The standard InChI is InChI=1S/C19H21ClO4/c1-3-18(22)16(19(23)4-2)11-15-8-7-14(24-15)9-12-5-6-13(21)10-17(12)20/h5-8,10,16,21H,3-4,9,11H2,1-2H3. The van der Waals surface area contributed by atoms with Gasteiger partial charge in [0, 0.05) is 30.7 Å². The smallest absolute Gasteiger partial charge is 0.143 e. The highest BCUT2D eigenvalue weighted by molar-refractivity contribution is 6.31. The van der Waals surface area contributed by atoms with Crippen LogP contribution in [0.25, 0.3) is 0 Å². The van der Waals surface area contributed by atoms with Crippen LogP contribution in [0.2, 0.25) is 5.02 Å². The Balaban J connectivity index is 2.11. The SMILES string of the molecule is CCC(=O)C(Cc1ccc(Cc2ccc(O)cc2Cl)o1)C(=O)CC. The fourth-order valence-corrected chi connectivity index (χ4v) is 2.84. The van der Waals surface area contributed by atoms with Gasteiger partial charge in [0.1, 0.15) is 28.8 Å². The van der Waals surface area contributed by atoms with Crippen molar-refractivity contribution in [1.82, 2.24) is 0 Å². The first-order chi connectivity index (χ1) is 11.4. The van der Waals surface area contributed by atoms with Crippen LogP contribution in [0, 0.1) is 5.92 Å². The number of Topliss-reactive ketones (excluding diaryl/α,β-unsaturated/α-hetero) is 2. The zero-order chi connectivity index (χ0) is 17.7. The highest BCUT2D eigenvalue weighted by Gasteiger charge is 2.25. The van der Waals surface area contributed by atoms with E-state index in [2.05, 4.69) is 0 Å². The highest BCUT2D eigenvalue weighted by Crippen LogP contribution is 2.25. The topological polar surface area (TPSA) is 67.5 Å². The molecule has 1 aromatic carbocycles. The lowest BCUT2D eigenvalue weighted by Gasteiger charge is -2.11. The molecule has 0 saturated carbocycles. The largest absolute Gasteiger partial charge is 0.508 e. The van der Waals surface area contributed by atoms with Crippen molar-refractivity contribution < 1.29 is 19.1 Å². The van der Waals surface area contributed by atoms with Crippen LogP contribution >= 0.6 is 11.6 Å². The molecule has 4 nitrogen and oxygen atoms in total. The maximum Gasteiger partial charge on any atom is 0.143 e. The van der Waals surface area contributed by atoms with E-state index < -0.39 is 5.92 Å². The first-order valence-corrected chi connectivity index (χ1v) is 8.42. The molecule has 0 aliphatic carbocycles. The van der Waals surface area contributed by atoms with Crippen molar-refractivity contribution in [3.63, 3.8) is 0 Å². The summed E-state index contributed by atoms with van der Waals surface area (Å²) in [5.74, 6) is 0.694. The maximum absolute atomic E-state index is 12.0. The van der Waals surface area contributed by atoms with E-state index in [0.29, 0.717) is 42.2 Å². The summed E-state index contributed by atoms with van der Waals surface area (Å²) in [6.07, 6.45) is 1.45. The molecule has 1 heterocycles. The van der Waals surface area contributed by atoms with Gasteiger partial charge in [-0.1, -0.05) is 31.5 Å². The van der Waals surface area contributed by atoms with Gasteiger partial charge in [0.15, 0.2) is 0 Å². The zero-order valence-corrected chi connectivity index (χ0v) is 14.6. The van der Waals surface area contributed by atoms with Crippen LogP contribution in [-0.4, -0.2) is 16.7 Å². The molecule has 5 heteroatoms. The minimum atomic E-state index is -0.628. The Morgan fingerprint density at radius 1 is 1.08 bits per heavy atom. The molecular weight excluding hydrogens is 328 g/mol. The Morgan fingerprint density at radius 3 is 2.29 bits per heavy atom. The van der Waals surface area contributed by atoms with Crippen LogP contribution in [-0.2, 0) is 22.4 Å². The fourth-order valence-electron chi connectivity index (χ4n) is 2.60. The van der Waals surface area contributed by atoms with E-state index in [1.165, 1.54) is 6.07 Å². The number of carbonyl (C=O) groups is 2. The number of hydrogen-bond acceptors (Lipinski definition) is 4. The molecule has 0 saturated heterocycles. The molecule has 2 aromatic rings. The average molecular weight is 349 g/mol. The summed E-state index contributed by atoms with van der Waals surface area (Å²) in [7, 11) is 0. The van der Waals surface area contributed by atoms with Gasteiger partial charge in [-0.2, -0.15) is 0 Å². The van der Waals surface area contributed by atoms with Crippen molar-refractivity contribution in [2.45, 2.75) is 39.5 Å². The van der Waals surface area contributed by atoms with Gasteiger partial charge in [0.2, 0.25) is 0 Å². The lowest BCUT2D eigenvalue weighted by Crippen LogP contribution is -2.25.